The van der Waals surface area contributed by atoms with Crippen molar-refractivity contribution in [3.05, 3.63) is 10.6 Å². The lowest BCUT2D eigenvalue weighted by atomic mass is 10.1. The van der Waals surface area contributed by atoms with Gasteiger partial charge in [0.15, 0.2) is 5.13 Å². The van der Waals surface area contributed by atoms with E-state index in [0.717, 1.165) is 24.8 Å². The van der Waals surface area contributed by atoms with Crippen LogP contribution in [0.5, 0.6) is 0 Å². The number of thiazole rings is 1. The number of hydrogen-bond acceptors (Lipinski definition) is 5. The maximum Gasteiger partial charge on any atom is 0.347 e. The first-order valence-corrected chi connectivity index (χ1v) is 6.51. The Morgan fingerprint density at radius 2 is 2.47 bits per heavy atom. The van der Waals surface area contributed by atoms with Gasteiger partial charge in [0.05, 0.1) is 5.69 Å². The lowest BCUT2D eigenvalue weighted by Crippen LogP contribution is -2.19. The van der Waals surface area contributed by atoms with Crippen molar-refractivity contribution in [2.45, 2.75) is 13.3 Å². The molecule has 1 unspecified atom stereocenters. The first-order valence-electron chi connectivity index (χ1n) is 5.69. The smallest absolute Gasteiger partial charge is 0.347 e. The van der Waals surface area contributed by atoms with Crippen molar-refractivity contribution in [3.63, 3.8) is 0 Å². The molecule has 5 nitrogen and oxygen atoms in total. The Morgan fingerprint density at radius 1 is 1.71 bits per heavy atom. The van der Waals surface area contributed by atoms with Crippen LogP contribution in [0.4, 0.5) is 5.13 Å². The zero-order chi connectivity index (χ0) is 12.4. The SMILES string of the molecule is Cc1nc(NCC2CCN(C)C2)sc1C(=O)O. The van der Waals surface area contributed by atoms with Crippen LogP contribution in [0.25, 0.3) is 0 Å². The largest absolute Gasteiger partial charge is 0.477 e. The quantitative estimate of drug-likeness (QED) is 0.854. The van der Waals surface area contributed by atoms with Crippen molar-refractivity contribution in [3.8, 4) is 0 Å². The minimum atomic E-state index is -0.895. The third kappa shape index (κ3) is 2.95. The number of hydrogen-bond donors (Lipinski definition) is 2. The molecule has 0 radical (unpaired) electrons. The third-order valence-electron chi connectivity index (χ3n) is 3.02. The molecule has 17 heavy (non-hydrogen) atoms. The molecule has 1 atom stereocenters. The molecule has 0 saturated carbocycles. The summed E-state index contributed by atoms with van der Waals surface area (Å²) in [5, 5.41) is 12.9. The molecule has 1 aliphatic heterocycles. The van der Waals surface area contributed by atoms with E-state index in [4.69, 9.17) is 5.11 Å². The van der Waals surface area contributed by atoms with Gasteiger partial charge in [0.1, 0.15) is 4.88 Å². The Labute approximate surface area is 104 Å². The molecule has 94 valence electrons. The van der Waals surface area contributed by atoms with Crippen LogP contribution in [-0.2, 0) is 0 Å². The maximum atomic E-state index is 10.9. The standard InChI is InChI=1S/C11H17N3O2S/c1-7-9(10(15)16)17-11(13-7)12-5-8-3-4-14(2)6-8/h8H,3-6H2,1-2H3,(H,12,13)(H,15,16). The molecule has 0 bridgehead atoms. The van der Waals surface area contributed by atoms with Crippen LogP contribution in [-0.4, -0.2) is 47.6 Å². The van der Waals surface area contributed by atoms with E-state index in [2.05, 4.69) is 22.2 Å². The van der Waals surface area contributed by atoms with Gasteiger partial charge in [-0.25, -0.2) is 9.78 Å². The molecule has 1 aliphatic rings. The second-order valence-corrected chi connectivity index (χ2v) is 5.54. The van der Waals surface area contributed by atoms with Crippen molar-refractivity contribution in [2.75, 3.05) is 32.0 Å². The third-order valence-corrected chi connectivity index (χ3v) is 4.12. The highest BCUT2D eigenvalue weighted by molar-refractivity contribution is 7.17. The summed E-state index contributed by atoms with van der Waals surface area (Å²) in [5.41, 5.74) is 0.591. The van der Waals surface area contributed by atoms with Crippen LogP contribution >= 0.6 is 11.3 Å². The monoisotopic (exact) mass is 255 g/mol. The molecule has 0 aromatic carbocycles. The molecule has 1 aromatic heterocycles. The number of aryl methyl sites for hydroxylation is 1. The molecule has 0 amide bonds. The van der Waals surface area contributed by atoms with Gasteiger partial charge in [-0.1, -0.05) is 11.3 Å². The van der Waals surface area contributed by atoms with Crippen molar-refractivity contribution >= 4 is 22.4 Å². The summed E-state index contributed by atoms with van der Waals surface area (Å²) in [6.45, 7) is 4.84. The van der Waals surface area contributed by atoms with Crippen molar-refractivity contribution in [1.82, 2.24) is 9.88 Å². The summed E-state index contributed by atoms with van der Waals surface area (Å²) < 4.78 is 0. The maximum absolute atomic E-state index is 10.9. The lowest BCUT2D eigenvalue weighted by Gasteiger charge is -2.10. The minimum absolute atomic E-state index is 0.330. The number of carbonyl (C=O) groups is 1. The summed E-state index contributed by atoms with van der Waals surface area (Å²) in [7, 11) is 2.12. The highest BCUT2D eigenvalue weighted by Crippen LogP contribution is 2.23. The van der Waals surface area contributed by atoms with Crippen LogP contribution in [0.1, 0.15) is 21.8 Å². The van der Waals surface area contributed by atoms with Crippen LogP contribution in [0.15, 0.2) is 0 Å². The van der Waals surface area contributed by atoms with Gasteiger partial charge in [-0.3, -0.25) is 0 Å². The highest BCUT2D eigenvalue weighted by Gasteiger charge is 2.20. The van der Waals surface area contributed by atoms with E-state index in [1.54, 1.807) is 6.92 Å². The number of anilines is 1. The zero-order valence-corrected chi connectivity index (χ0v) is 10.9. The number of rotatable bonds is 4. The predicted octanol–water partition coefficient (Wildman–Crippen LogP) is 1.51. The number of likely N-dealkylation sites (tertiary alicyclic amines) is 1. The molecule has 1 fully saturated rings. The van der Waals surface area contributed by atoms with Crippen LogP contribution < -0.4 is 5.32 Å². The number of nitrogens with zero attached hydrogens (tertiary/aromatic N) is 2. The Hall–Kier alpha value is -1.14. The molecular formula is C11H17N3O2S. The average molecular weight is 255 g/mol. The Morgan fingerprint density at radius 3 is 3.00 bits per heavy atom. The summed E-state index contributed by atoms with van der Waals surface area (Å²) in [6, 6.07) is 0. The van der Waals surface area contributed by atoms with E-state index >= 15 is 0 Å². The van der Waals surface area contributed by atoms with Gasteiger partial charge in [-0.15, -0.1) is 0 Å². The van der Waals surface area contributed by atoms with E-state index < -0.39 is 5.97 Å². The average Bonchev–Trinajstić information content (AvgIpc) is 2.82. The summed E-state index contributed by atoms with van der Waals surface area (Å²) in [4.78, 5) is 17.7. The van der Waals surface area contributed by atoms with Gasteiger partial charge < -0.3 is 15.3 Å². The van der Waals surface area contributed by atoms with Gasteiger partial charge in [0, 0.05) is 13.1 Å². The van der Waals surface area contributed by atoms with Gasteiger partial charge in [0.25, 0.3) is 0 Å². The molecule has 1 aromatic rings. The number of carboxylic acid groups (broad SMARTS) is 1. The predicted molar refractivity (Wildman–Crippen MR) is 67.9 cm³/mol. The molecule has 1 saturated heterocycles. The minimum Gasteiger partial charge on any atom is -0.477 e. The van der Waals surface area contributed by atoms with E-state index in [1.807, 2.05) is 0 Å². The fourth-order valence-corrected chi connectivity index (χ4v) is 2.91. The Kier molecular flexibility index (Phi) is 3.63. The number of nitrogens with one attached hydrogen (secondary N) is 1. The van der Waals surface area contributed by atoms with Crippen molar-refractivity contribution in [1.29, 1.82) is 0 Å². The van der Waals surface area contributed by atoms with E-state index in [0.29, 0.717) is 16.5 Å². The highest BCUT2D eigenvalue weighted by atomic mass is 32.1. The summed E-state index contributed by atoms with van der Waals surface area (Å²) in [6.07, 6.45) is 1.19. The zero-order valence-electron chi connectivity index (χ0n) is 10.1. The molecule has 6 heteroatoms. The van der Waals surface area contributed by atoms with E-state index in [9.17, 15) is 4.79 Å². The van der Waals surface area contributed by atoms with Crippen molar-refractivity contribution < 1.29 is 9.90 Å². The molecule has 2 heterocycles. The number of aromatic carboxylic acids is 1. The second-order valence-electron chi connectivity index (χ2n) is 4.54. The first-order chi connectivity index (χ1) is 8.06. The van der Waals surface area contributed by atoms with Gasteiger partial charge in [-0.05, 0) is 32.9 Å². The van der Waals surface area contributed by atoms with Crippen LogP contribution in [0.3, 0.4) is 0 Å². The van der Waals surface area contributed by atoms with Crippen molar-refractivity contribution in [2.24, 2.45) is 5.92 Å². The fourth-order valence-electron chi connectivity index (χ4n) is 2.10. The fraction of sp³-hybridized carbons (Fsp3) is 0.636. The Bertz CT molecular complexity index is 419. The van der Waals surface area contributed by atoms with Gasteiger partial charge in [-0.2, -0.15) is 0 Å². The normalized spacial score (nSPS) is 20.7. The number of carboxylic acids is 1. The van der Waals surface area contributed by atoms with Gasteiger partial charge >= 0.3 is 5.97 Å². The summed E-state index contributed by atoms with van der Waals surface area (Å²) in [5.74, 6) is -0.258. The molecule has 0 spiro atoms. The van der Waals surface area contributed by atoms with E-state index in [1.165, 1.54) is 17.8 Å². The van der Waals surface area contributed by atoms with Crippen LogP contribution in [0.2, 0.25) is 0 Å². The first kappa shape index (κ1) is 12.3. The van der Waals surface area contributed by atoms with Crippen LogP contribution in [0, 0.1) is 12.8 Å². The van der Waals surface area contributed by atoms with Gasteiger partial charge in [0.2, 0.25) is 0 Å². The molecule has 2 rings (SSSR count). The Balaban J connectivity index is 1.91. The summed E-state index contributed by atoms with van der Waals surface area (Å²) >= 11 is 1.22. The molecular weight excluding hydrogens is 238 g/mol. The molecule has 0 aliphatic carbocycles. The number of aromatic nitrogens is 1. The molecule has 2 N–H and O–H groups in total. The topological polar surface area (TPSA) is 65.5 Å². The van der Waals surface area contributed by atoms with E-state index in [-0.39, 0.29) is 0 Å². The second kappa shape index (κ2) is 5.01. The lowest BCUT2D eigenvalue weighted by molar-refractivity contribution is 0.0701.